The highest BCUT2D eigenvalue weighted by atomic mass is 19.1. The number of halogens is 1. The van der Waals surface area contributed by atoms with Gasteiger partial charge >= 0.3 is 0 Å². The molecule has 1 aliphatic carbocycles. The number of amides is 2. The topological polar surface area (TPSA) is 93.5 Å². The molecule has 1 saturated heterocycles. The fraction of sp³-hybridized carbons (Fsp3) is 0.577. The molecule has 2 aromatic rings. The van der Waals surface area contributed by atoms with Crippen LogP contribution in [0.25, 0.3) is 0 Å². The van der Waals surface area contributed by atoms with Gasteiger partial charge < -0.3 is 19.9 Å². The van der Waals surface area contributed by atoms with Gasteiger partial charge in [0.2, 0.25) is 5.91 Å². The fourth-order valence-corrected chi connectivity index (χ4v) is 5.10. The van der Waals surface area contributed by atoms with Gasteiger partial charge in [0.1, 0.15) is 23.7 Å². The van der Waals surface area contributed by atoms with Crippen LogP contribution >= 0.6 is 0 Å². The van der Waals surface area contributed by atoms with Gasteiger partial charge in [0, 0.05) is 18.9 Å². The number of aryl methyl sites for hydroxylation is 1. The molecule has 0 radical (unpaired) electrons. The highest BCUT2D eigenvalue weighted by Crippen LogP contribution is 2.32. The van der Waals surface area contributed by atoms with Gasteiger partial charge in [-0.1, -0.05) is 37.9 Å². The number of hydrogen-bond donors (Lipinski definition) is 2. The first-order valence-electron chi connectivity index (χ1n) is 12.4. The van der Waals surface area contributed by atoms with E-state index in [-0.39, 0.29) is 29.5 Å². The molecule has 184 valence electrons. The van der Waals surface area contributed by atoms with Gasteiger partial charge in [-0.15, -0.1) is 0 Å². The maximum Gasteiger partial charge on any atom is 0.257 e. The first-order valence-corrected chi connectivity index (χ1v) is 12.4. The van der Waals surface area contributed by atoms with E-state index in [9.17, 15) is 14.0 Å². The number of nitrogens with zero attached hydrogens (tertiary/aromatic N) is 1. The molecule has 2 aliphatic rings. The molecule has 1 saturated carbocycles. The Balaban J connectivity index is 1.49. The van der Waals surface area contributed by atoms with Crippen molar-refractivity contribution in [2.45, 2.75) is 70.8 Å². The van der Waals surface area contributed by atoms with Crippen LogP contribution in [0.3, 0.4) is 0 Å². The van der Waals surface area contributed by atoms with Crippen molar-refractivity contribution in [2.24, 2.45) is 11.8 Å². The number of hydrogen-bond acceptors (Lipinski definition) is 5. The van der Waals surface area contributed by atoms with Crippen LogP contribution in [0, 0.1) is 17.7 Å². The van der Waals surface area contributed by atoms with Crippen LogP contribution in [-0.4, -0.2) is 36.2 Å². The maximum atomic E-state index is 14.9. The largest absolute Gasteiger partial charge is 0.381 e. The number of rotatable bonds is 7. The molecule has 2 N–H and O–H groups in total. The summed E-state index contributed by atoms with van der Waals surface area (Å²) >= 11 is 0. The minimum absolute atomic E-state index is 0.0106. The van der Waals surface area contributed by atoms with Crippen LogP contribution in [0.5, 0.6) is 0 Å². The summed E-state index contributed by atoms with van der Waals surface area (Å²) in [6.45, 7) is 5.36. The molecule has 0 bridgehead atoms. The van der Waals surface area contributed by atoms with E-state index >= 15 is 0 Å². The Morgan fingerprint density at radius 3 is 2.56 bits per heavy atom. The van der Waals surface area contributed by atoms with E-state index in [0.29, 0.717) is 48.1 Å². The summed E-state index contributed by atoms with van der Waals surface area (Å²) in [6.07, 6.45) is 7.16. The lowest BCUT2D eigenvalue weighted by molar-refractivity contribution is -0.119. The molecular formula is C26H34FN3O4. The van der Waals surface area contributed by atoms with Gasteiger partial charge in [0.05, 0.1) is 5.69 Å². The summed E-state index contributed by atoms with van der Waals surface area (Å²) in [4.78, 5) is 26.3. The van der Waals surface area contributed by atoms with Crippen molar-refractivity contribution in [3.8, 4) is 0 Å². The second-order valence-corrected chi connectivity index (χ2v) is 9.61. The summed E-state index contributed by atoms with van der Waals surface area (Å²) in [5.74, 6) is -0.290. The van der Waals surface area contributed by atoms with Gasteiger partial charge in [-0.25, -0.2) is 4.39 Å². The SMILES string of the molecule is CCc1nocc1C(=O)N[C@H](C(=O)Nc1ccc(C2CCOCC2)c(F)c1)[C@H]1CC[C@H](C)CC1. The minimum Gasteiger partial charge on any atom is -0.381 e. The predicted octanol–water partition coefficient (Wildman–Crippen LogP) is 4.83. The Kier molecular flexibility index (Phi) is 7.98. The average Bonchev–Trinajstić information content (AvgIpc) is 3.33. The average molecular weight is 472 g/mol. The predicted molar refractivity (Wildman–Crippen MR) is 126 cm³/mol. The van der Waals surface area contributed by atoms with Crippen molar-refractivity contribution in [2.75, 3.05) is 18.5 Å². The number of aromatic nitrogens is 1. The molecule has 4 rings (SSSR count). The Labute approximate surface area is 199 Å². The van der Waals surface area contributed by atoms with E-state index in [1.807, 2.05) is 6.92 Å². The summed E-state index contributed by atoms with van der Waals surface area (Å²) in [5.41, 5.74) is 1.95. The van der Waals surface area contributed by atoms with Crippen LogP contribution in [0.15, 0.2) is 29.0 Å². The number of benzene rings is 1. The second-order valence-electron chi connectivity index (χ2n) is 9.61. The molecule has 0 spiro atoms. The third-order valence-corrected chi connectivity index (χ3v) is 7.25. The van der Waals surface area contributed by atoms with Crippen molar-refractivity contribution in [1.29, 1.82) is 0 Å². The van der Waals surface area contributed by atoms with Gasteiger partial charge in [0.15, 0.2) is 0 Å². The molecular weight excluding hydrogens is 437 g/mol. The normalized spacial score (nSPS) is 22.2. The Morgan fingerprint density at radius 2 is 1.88 bits per heavy atom. The smallest absolute Gasteiger partial charge is 0.257 e. The van der Waals surface area contributed by atoms with Gasteiger partial charge in [-0.05, 0) is 67.6 Å². The quantitative estimate of drug-likeness (QED) is 0.603. The zero-order valence-corrected chi connectivity index (χ0v) is 19.9. The van der Waals surface area contributed by atoms with Gasteiger partial charge in [0.25, 0.3) is 5.91 Å². The molecule has 8 heteroatoms. The molecule has 1 aromatic carbocycles. The van der Waals surface area contributed by atoms with Gasteiger partial charge in [-0.3, -0.25) is 9.59 Å². The Morgan fingerprint density at radius 1 is 1.15 bits per heavy atom. The minimum atomic E-state index is -0.724. The van der Waals surface area contributed by atoms with E-state index in [2.05, 4.69) is 22.7 Å². The van der Waals surface area contributed by atoms with Crippen molar-refractivity contribution in [3.63, 3.8) is 0 Å². The molecule has 2 amide bonds. The molecule has 1 aliphatic heterocycles. The van der Waals surface area contributed by atoms with Gasteiger partial charge in [-0.2, -0.15) is 0 Å². The lowest BCUT2D eigenvalue weighted by atomic mass is 9.79. The highest BCUT2D eigenvalue weighted by Gasteiger charge is 2.33. The van der Waals surface area contributed by atoms with Crippen LogP contribution in [0.2, 0.25) is 0 Å². The zero-order chi connectivity index (χ0) is 24.1. The number of anilines is 1. The summed E-state index contributed by atoms with van der Waals surface area (Å²) in [7, 11) is 0. The second kappa shape index (κ2) is 11.1. The molecule has 1 atom stereocenters. The lowest BCUT2D eigenvalue weighted by Crippen LogP contribution is -2.49. The Hall–Kier alpha value is -2.74. The number of carbonyl (C=O) groups excluding carboxylic acids is 2. The summed E-state index contributed by atoms with van der Waals surface area (Å²) in [5, 5.41) is 9.63. The number of ether oxygens (including phenoxy) is 1. The highest BCUT2D eigenvalue weighted by molar-refractivity contribution is 6.01. The molecule has 2 heterocycles. The lowest BCUT2D eigenvalue weighted by Gasteiger charge is -2.32. The zero-order valence-electron chi connectivity index (χ0n) is 19.9. The third kappa shape index (κ3) is 5.66. The number of carbonyl (C=O) groups is 2. The molecule has 2 fully saturated rings. The Bertz CT molecular complexity index is 994. The molecule has 7 nitrogen and oxygen atoms in total. The third-order valence-electron chi connectivity index (χ3n) is 7.25. The van der Waals surface area contributed by atoms with E-state index < -0.39 is 6.04 Å². The molecule has 0 unspecified atom stereocenters. The first-order chi connectivity index (χ1) is 16.5. The van der Waals surface area contributed by atoms with Crippen LogP contribution in [0.1, 0.15) is 79.9 Å². The molecule has 34 heavy (non-hydrogen) atoms. The van der Waals surface area contributed by atoms with Crippen molar-refractivity contribution in [3.05, 3.63) is 47.1 Å². The van der Waals surface area contributed by atoms with E-state index in [0.717, 1.165) is 38.5 Å². The summed E-state index contributed by atoms with van der Waals surface area (Å²) in [6, 6.07) is 4.14. The molecule has 1 aromatic heterocycles. The monoisotopic (exact) mass is 471 g/mol. The van der Waals surface area contributed by atoms with Crippen molar-refractivity contribution in [1.82, 2.24) is 10.5 Å². The van der Waals surface area contributed by atoms with Crippen molar-refractivity contribution < 1.29 is 23.2 Å². The fourth-order valence-electron chi connectivity index (χ4n) is 5.10. The van der Waals surface area contributed by atoms with E-state index in [1.54, 1.807) is 12.1 Å². The maximum absolute atomic E-state index is 14.9. The van der Waals surface area contributed by atoms with Crippen LogP contribution in [0.4, 0.5) is 10.1 Å². The first kappa shape index (κ1) is 24.4. The standard InChI is InChI=1S/C26H34FN3O4/c1-3-23-21(15-34-30-23)25(31)29-24(18-6-4-16(2)5-7-18)26(32)28-19-8-9-20(22(27)14-19)17-10-12-33-13-11-17/h8-9,14-18,24H,3-7,10-13H2,1-2H3,(H,28,32)(H,29,31)/t16-,18-,24-/m0/s1. The van der Waals surface area contributed by atoms with Crippen molar-refractivity contribution >= 4 is 17.5 Å². The van der Waals surface area contributed by atoms with E-state index in [1.165, 1.54) is 12.3 Å². The summed E-state index contributed by atoms with van der Waals surface area (Å²) < 4.78 is 25.2. The van der Waals surface area contributed by atoms with Crippen LogP contribution in [-0.2, 0) is 16.0 Å². The number of nitrogens with one attached hydrogen (secondary N) is 2. The van der Waals surface area contributed by atoms with E-state index in [4.69, 9.17) is 9.26 Å². The van der Waals surface area contributed by atoms with Crippen LogP contribution < -0.4 is 10.6 Å².